The van der Waals surface area contributed by atoms with Crippen LogP contribution in [-0.4, -0.2) is 49.1 Å². The molecule has 0 unspecified atom stereocenters. The molecule has 0 atom stereocenters. The molecule has 0 saturated carbocycles. The number of alkyl halides is 2. The number of pyridine rings is 2. The van der Waals surface area contributed by atoms with Gasteiger partial charge in [-0.2, -0.15) is 5.10 Å². The first-order chi connectivity index (χ1) is 18.8. The summed E-state index contributed by atoms with van der Waals surface area (Å²) >= 11 is 1.75. The van der Waals surface area contributed by atoms with Crippen molar-refractivity contribution in [1.29, 1.82) is 0 Å². The summed E-state index contributed by atoms with van der Waals surface area (Å²) in [6.45, 7) is 8.70. The van der Waals surface area contributed by atoms with Gasteiger partial charge in [-0.1, -0.05) is 18.7 Å². The summed E-state index contributed by atoms with van der Waals surface area (Å²) in [7, 11) is 0. The standard InChI is InChI=1S/C30H28F2N6S/c1-4-5-23(27-7-6-18(2)39-27)24-12-26(35-19(24)3)28-25-11-22(15-34-29(25)37-36-28)21-10-20(13-33-14-21)16-38-9-8-30(31,32)17-38/h4-7,10-15,35H,1,8-9,16-17H2,2-3H3,(H,34,36,37)/b23-5+. The predicted molar refractivity (Wildman–Crippen MR) is 153 cm³/mol. The van der Waals surface area contributed by atoms with Crippen LogP contribution in [0.4, 0.5) is 8.78 Å². The Morgan fingerprint density at radius 3 is 2.74 bits per heavy atom. The van der Waals surface area contributed by atoms with Crippen LogP contribution in [0.1, 0.15) is 33.0 Å². The highest BCUT2D eigenvalue weighted by molar-refractivity contribution is 7.13. The molecule has 6 heterocycles. The van der Waals surface area contributed by atoms with Gasteiger partial charge in [0.05, 0.1) is 17.9 Å². The Balaban J connectivity index is 1.33. The second kappa shape index (κ2) is 9.98. The van der Waals surface area contributed by atoms with Gasteiger partial charge in [0.1, 0.15) is 0 Å². The Labute approximate surface area is 229 Å². The Morgan fingerprint density at radius 2 is 2.00 bits per heavy atom. The molecule has 9 heteroatoms. The van der Waals surface area contributed by atoms with Crippen molar-refractivity contribution in [2.45, 2.75) is 32.7 Å². The van der Waals surface area contributed by atoms with Crippen LogP contribution in [0.15, 0.2) is 67.7 Å². The van der Waals surface area contributed by atoms with Gasteiger partial charge >= 0.3 is 0 Å². The molecule has 0 amide bonds. The minimum absolute atomic E-state index is 0.0955. The van der Waals surface area contributed by atoms with E-state index in [1.54, 1.807) is 34.8 Å². The first-order valence-corrected chi connectivity index (χ1v) is 13.6. The topological polar surface area (TPSA) is 73.5 Å². The monoisotopic (exact) mass is 542 g/mol. The summed E-state index contributed by atoms with van der Waals surface area (Å²) in [6, 6.07) is 10.4. The van der Waals surface area contributed by atoms with Crippen LogP contribution in [0, 0.1) is 13.8 Å². The molecule has 1 aliphatic heterocycles. The molecule has 1 fully saturated rings. The molecule has 39 heavy (non-hydrogen) atoms. The highest BCUT2D eigenvalue weighted by Crippen LogP contribution is 2.36. The van der Waals surface area contributed by atoms with Crippen molar-refractivity contribution in [3.05, 3.63) is 94.2 Å². The Kier molecular flexibility index (Phi) is 6.48. The van der Waals surface area contributed by atoms with E-state index in [1.165, 1.54) is 9.75 Å². The minimum atomic E-state index is -2.61. The van der Waals surface area contributed by atoms with Gasteiger partial charge < -0.3 is 4.98 Å². The summed E-state index contributed by atoms with van der Waals surface area (Å²) in [5.74, 6) is -2.61. The Hall–Kier alpha value is -3.95. The molecule has 6 rings (SSSR count). The van der Waals surface area contributed by atoms with Crippen molar-refractivity contribution in [1.82, 2.24) is 30.0 Å². The van der Waals surface area contributed by atoms with E-state index < -0.39 is 5.92 Å². The van der Waals surface area contributed by atoms with Crippen LogP contribution in [0.2, 0.25) is 0 Å². The summed E-state index contributed by atoms with van der Waals surface area (Å²) in [6.07, 6.45) is 9.04. The molecule has 6 nitrogen and oxygen atoms in total. The summed E-state index contributed by atoms with van der Waals surface area (Å²) in [5, 5.41) is 8.47. The fourth-order valence-corrected chi connectivity index (χ4v) is 6.08. The van der Waals surface area contributed by atoms with Crippen LogP contribution in [0.3, 0.4) is 0 Å². The van der Waals surface area contributed by atoms with E-state index in [0.29, 0.717) is 18.7 Å². The van der Waals surface area contributed by atoms with E-state index in [1.807, 2.05) is 24.3 Å². The summed E-state index contributed by atoms with van der Waals surface area (Å²) in [5.41, 5.74) is 8.29. The predicted octanol–water partition coefficient (Wildman–Crippen LogP) is 7.15. The van der Waals surface area contributed by atoms with Crippen molar-refractivity contribution in [2.24, 2.45) is 0 Å². The molecule has 5 aromatic heterocycles. The summed E-state index contributed by atoms with van der Waals surface area (Å²) < 4.78 is 27.3. The largest absolute Gasteiger partial charge is 0.357 e. The van der Waals surface area contributed by atoms with E-state index in [4.69, 9.17) is 0 Å². The SMILES string of the molecule is C=C/C=C(/c1ccc(C)s1)c1cc(-c2[nH]nc3ncc(-c4cncc(CN5CCC(F)(F)C5)c4)cc23)[nH]c1C. The minimum Gasteiger partial charge on any atom is -0.357 e. The van der Waals surface area contributed by atoms with Crippen molar-refractivity contribution in [3.8, 4) is 22.5 Å². The third-order valence-electron chi connectivity index (χ3n) is 7.06. The Morgan fingerprint density at radius 1 is 1.15 bits per heavy atom. The van der Waals surface area contributed by atoms with Crippen molar-refractivity contribution in [3.63, 3.8) is 0 Å². The number of nitrogens with one attached hydrogen (secondary N) is 2. The van der Waals surface area contributed by atoms with Crippen LogP contribution in [0.5, 0.6) is 0 Å². The molecule has 0 aromatic carbocycles. The molecule has 0 aliphatic carbocycles. The van der Waals surface area contributed by atoms with E-state index in [2.05, 4.69) is 63.8 Å². The zero-order valence-electron chi connectivity index (χ0n) is 21.8. The first kappa shape index (κ1) is 25.3. The second-order valence-electron chi connectivity index (χ2n) is 10.0. The highest BCUT2D eigenvalue weighted by Gasteiger charge is 2.37. The van der Waals surface area contributed by atoms with Gasteiger partial charge in [0.25, 0.3) is 5.92 Å². The van der Waals surface area contributed by atoms with E-state index >= 15 is 0 Å². The molecule has 5 aromatic rings. The number of hydrogen-bond acceptors (Lipinski definition) is 5. The van der Waals surface area contributed by atoms with E-state index in [0.717, 1.165) is 50.3 Å². The third-order valence-corrected chi connectivity index (χ3v) is 8.09. The second-order valence-corrected chi connectivity index (χ2v) is 11.3. The fourth-order valence-electron chi connectivity index (χ4n) is 5.17. The maximum Gasteiger partial charge on any atom is 0.261 e. The van der Waals surface area contributed by atoms with Crippen LogP contribution < -0.4 is 0 Å². The van der Waals surface area contributed by atoms with Gasteiger partial charge in [-0.25, -0.2) is 13.8 Å². The van der Waals surface area contributed by atoms with Gasteiger partial charge in [-0.3, -0.25) is 15.0 Å². The number of fused-ring (bicyclic) bond motifs is 1. The lowest BCUT2D eigenvalue weighted by Gasteiger charge is -2.15. The van der Waals surface area contributed by atoms with Crippen molar-refractivity contribution < 1.29 is 8.78 Å². The van der Waals surface area contributed by atoms with Crippen LogP contribution >= 0.6 is 11.3 Å². The van der Waals surface area contributed by atoms with Gasteiger partial charge in [-0.15, -0.1) is 11.3 Å². The number of allylic oxidation sites excluding steroid dienone is 2. The number of thiophene rings is 1. The maximum absolute atomic E-state index is 13.6. The molecular formula is C30H28F2N6S. The number of halogens is 2. The molecular weight excluding hydrogens is 514 g/mol. The molecule has 198 valence electrons. The average molecular weight is 543 g/mol. The Bertz CT molecular complexity index is 1710. The lowest BCUT2D eigenvalue weighted by atomic mass is 10.0. The van der Waals surface area contributed by atoms with Gasteiger partial charge in [-0.05, 0) is 49.7 Å². The van der Waals surface area contributed by atoms with E-state index in [9.17, 15) is 8.78 Å². The quantitative estimate of drug-likeness (QED) is 0.214. The van der Waals surface area contributed by atoms with Gasteiger partial charge in [0.15, 0.2) is 5.65 Å². The number of aryl methyl sites for hydroxylation is 2. The lowest BCUT2D eigenvalue weighted by molar-refractivity contribution is 0.0115. The maximum atomic E-state index is 13.6. The zero-order chi connectivity index (χ0) is 27.1. The fraction of sp³-hybridized carbons (Fsp3) is 0.233. The number of likely N-dealkylation sites (tertiary alicyclic amines) is 1. The summed E-state index contributed by atoms with van der Waals surface area (Å²) in [4.78, 5) is 16.7. The molecule has 1 saturated heterocycles. The third kappa shape index (κ3) is 5.07. The van der Waals surface area contributed by atoms with Crippen molar-refractivity contribution >= 4 is 27.9 Å². The number of H-pyrrole nitrogens is 2. The van der Waals surface area contributed by atoms with E-state index in [-0.39, 0.29) is 13.0 Å². The first-order valence-electron chi connectivity index (χ1n) is 12.8. The smallest absolute Gasteiger partial charge is 0.261 e. The molecule has 0 bridgehead atoms. The van der Waals surface area contributed by atoms with Gasteiger partial charge in [0, 0.05) is 81.2 Å². The molecule has 1 aliphatic rings. The normalized spacial score (nSPS) is 15.8. The number of aromatic amines is 2. The zero-order valence-corrected chi connectivity index (χ0v) is 22.6. The number of hydrogen-bond donors (Lipinski definition) is 2. The molecule has 2 N–H and O–H groups in total. The highest BCUT2D eigenvalue weighted by atomic mass is 32.1. The number of aromatic nitrogens is 5. The molecule has 0 spiro atoms. The van der Waals surface area contributed by atoms with Crippen molar-refractivity contribution in [2.75, 3.05) is 13.1 Å². The number of rotatable bonds is 7. The van der Waals surface area contributed by atoms with Crippen LogP contribution in [0.25, 0.3) is 39.1 Å². The number of nitrogens with zero attached hydrogens (tertiary/aromatic N) is 4. The molecule has 0 radical (unpaired) electrons. The van der Waals surface area contributed by atoms with Gasteiger partial charge in [0.2, 0.25) is 0 Å². The lowest BCUT2D eigenvalue weighted by Crippen LogP contribution is -2.24. The average Bonchev–Trinajstić information content (AvgIpc) is 3.69. The van der Waals surface area contributed by atoms with Crippen LogP contribution in [-0.2, 0) is 6.54 Å².